The molecule has 0 unspecified atom stereocenters. The predicted molar refractivity (Wildman–Crippen MR) is 107 cm³/mol. The summed E-state index contributed by atoms with van der Waals surface area (Å²) in [5.41, 5.74) is 2.77. The lowest BCUT2D eigenvalue weighted by molar-refractivity contribution is -0.137. The van der Waals surface area contributed by atoms with Crippen molar-refractivity contribution >= 4 is 17.4 Å². The summed E-state index contributed by atoms with van der Waals surface area (Å²) in [6, 6.07) is 12.0. The highest BCUT2D eigenvalue weighted by Gasteiger charge is 2.30. The number of aromatic nitrogens is 3. The molecule has 0 bridgehead atoms. The molecule has 0 aliphatic rings. The zero-order valence-corrected chi connectivity index (χ0v) is 15.9. The van der Waals surface area contributed by atoms with Crippen LogP contribution in [0.15, 0.2) is 67.1 Å². The van der Waals surface area contributed by atoms with Crippen LogP contribution in [0, 0.1) is 6.92 Å². The molecule has 2 aromatic heterocycles. The third-order valence-electron chi connectivity index (χ3n) is 4.69. The van der Waals surface area contributed by atoms with Gasteiger partial charge in [0.15, 0.2) is 0 Å². The molecule has 2 heterocycles. The Kier molecular flexibility index (Phi) is 4.99. The molecule has 1 amide bonds. The SMILES string of the molecule is Cc1ccc(-c2cn3cccnc3n2)cc1NC(=O)Cc1ccc(C(F)(F)F)cc1. The van der Waals surface area contributed by atoms with E-state index in [9.17, 15) is 18.0 Å². The van der Waals surface area contributed by atoms with Crippen LogP contribution in [0.5, 0.6) is 0 Å². The third kappa shape index (κ3) is 4.17. The minimum atomic E-state index is -4.40. The van der Waals surface area contributed by atoms with Gasteiger partial charge in [-0.1, -0.05) is 24.3 Å². The summed E-state index contributed by atoms with van der Waals surface area (Å²) in [5.74, 6) is 0.257. The molecule has 30 heavy (non-hydrogen) atoms. The summed E-state index contributed by atoms with van der Waals surface area (Å²) in [6.45, 7) is 1.86. The second-order valence-corrected chi connectivity index (χ2v) is 6.90. The van der Waals surface area contributed by atoms with Crippen LogP contribution in [0.4, 0.5) is 18.9 Å². The second kappa shape index (κ2) is 7.62. The molecule has 0 saturated heterocycles. The first-order valence-electron chi connectivity index (χ1n) is 9.16. The zero-order chi connectivity index (χ0) is 21.3. The van der Waals surface area contributed by atoms with Crippen molar-refractivity contribution in [3.05, 3.63) is 83.8 Å². The monoisotopic (exact) mass is 410 g/mol. The lowest BCUT2D eigenvalue weighted by Crippen LogP contribution is -2.15. The molecule has 0 aliphatic carbocycles. The summed E-state index contributed by atoms with van der Waals surface area (Å²) in [5, 5.41) is 2.84. The molecule has 2 aromatic carbocycles. The fourth-order valence-electron chi connectivity index (χ4n) is 3.08. The van der Waals surface area contributed by atoms with Crippen molar-refractivity contribution in [2.75, 3.05) is 5.32 Å². The van der Waals surface area contributed by atoms with E-state index in [2.05, 4.69) is 15.3 Å². The summed E-state index contributed by atoms with van der Waals surface area (Å²) < 4.78 is 39.8. The Morgan fingerprint density at radius 1 is 1.13 bits per heavy atom. The van der Waals surface area contributed by atoms with E-state index >= 15 is 0 Å². The van der Waals surface area contributed by atoms with Crippen LogP contribution in [-0.4, -0.2) is 20.3 Å². The Morgan fingerprint density at radius 3 is 2.60 bits per heavy atom. The molecule has 4 aromatic rings. The van der Waals surface area contributed by atoms with E-state index in [1.165, 1.54) is 12.1 Å². The molecular formula is C22H17F3N4O. The maximum atomic E-state index is 12.7. The summed E-state index contributed by atoms with van der Waals surface area (Å²) >= 11 is 0. The lowest BCUT2D eigenvalue weighted by Gasteiger charge is -2.11. The number of hydrogen-bond donors (Lipinski definition) is 1. The van der Waals surface area contributed by atoms with Crippen LogP contribution in [-0.2, 0) is 17.4 Å². The zero-order valence-electron chi connectivity index (χ0n) is 15.9. The molecular weight excluding hydrogens is 393 g/mol. The molecule has 0 spiro atoms. The number of rotatable bonds is 4. The number of carbonyl (C=O) groups is 1. The van der Waals surface area contributed by atoms with E-state index < -0.39 is 11.7 Å². The van der Waals surface area contributed by atoms with Gasteiger partial charge in [0.2, 0.25) is 11.7 Å². The Labute approximate surface area is 170 Å². The smallest absolute Gasteiger partial charge is 0.326 e. The van der Waals surface area contributed by atoms with Crippen molar-refractivity contribution in [1.82, 2.24) is 14.4 Å². The van der Waals surface area contributed by atoms with Crippen molar-refractivity contribution in [1.29, 1.82) is 0 Å². The van der Waals surface area contributed by atoms with E-state index in [-0.39, 0.29) is 12.3 Å². The van der Waals surface area contributed by atoms with Crippen LogP contribution < -0.4 is 5.32 Å². The molecule has 4 rings (SSSR count). The average molecular weight is 410 g/mol. The number of amides is 1. The molecule has 8 heteroatoms. The number of fused-ring (bicyclic) bond motifs is 1. The number of alkyl halides is 3. The Bertz CT molecular complexity index is 1180. The fraction of sp³-hybridized carbons (Fsp3) is 0.136. The standard InChI is InChI=1S/C22H17F3N4O/c1-14-3-6-16(19-13-29-10-2-9-26-21(29)28-19)12-18(14)27-20(30)11-15-4-7-17(8-5-15)22(23,24)25/h2-10,12-13H,11H2,1H3,(H,27,30). The highest BCUT2D eigenvalue weighted by atomic mass is 19.4. The van der Waals surface area contributed by atoms with Gasteiger partial charge >= 0.3 is 6.18 Å². The normalized spacial score (nSPS) is 11.6. The van der Waals surface area contributed by atoms with Gasteiger partial charge in [0.05, 0.1) is 17.7 Å². The van der Waals surface area contributed by atoms with Crippen molar-refractivity contribution < 1.29 is 18.0 Å². The van der Waals surface area contributed by atoms with E-state index in [4.69, 9.17) is 0 Å². The number of imidazole rings is 1. The number of benzene rings is 2. The number of carbonyl (C=O) groups excluding carboxylic acids is 1. The Morgan fingerprint density at radius 2 is 1.90 bits per heavy atom. The largest absolute Gasteiger partial charge is 0.416 e. The van der Waals surface area contributed by atoms with E-state index in [0.29, 0.717) is 22.7 Å². The minimum absolute atomic E-state index is 0.0277. The first kappa shape index (κ1) is 19.6. The van der Waals surface area contributed by atoms with Crippen molar-refractivity contribution in [2.45, 2.75) is 19.5 Å². The molecule has 1 N–H and O–H groups in total. The van der Waals surface area contributed by atoms with Gasteiger partial charge in [-0.05, 0) is 42.3 Å². The predicted octanol–water partition coefficient (Wildman–Crippen LogP) is 4.90. The molecule has 0 saturated carbocycles. The van der Waals surface area contributed by atoms with Gasteiger partial charge in [0, 0.05) is 29.8 Å². The maximum Gasteiger partial charge on any atom is 0.416 e. The fourth-order valence-corrected chi connectivity index (χ4v) is 3.08. The van der Waals surface area contributed by atoms with Crippen LogP contribution in [0.1, 0.15) is 16.7 Å². The Hall–Kier alpha value is -3.68. The number of anilines is 1. The van der Waals surface area contributed by atoms with Gasteiger partial charge in [-0.3, -0.25) is 9.20 Å². The van der Waals surface area contributed by atoms with Gasteiger partial charge < -0.3 is 5.32 Å². The number of nitrogens with zero attached hydrogens (tertiary/aromatic N) is 3. The summed E-state index contributed by atoms with van der Waals surface area (Å²) in [6.07, 6.45) is 0.931. The quantitative estimate of drug-likeness (QED) is 0.520. The third-order valence-corrected chi connectivity index (χ3v) is 4.69. The number of nitrogens with one attached hydrogen (secondary N) is 1. The first-order valence-corrected chi connectivity index (χ1v) is 9.16. The lowest BCUT2D eigenvalue weighted by atomic mass is 10.1. The Balaban J connectivity index is 1.51. The van der Waals surface area contributed by atoms with Gasteiger partial charge in [-0.2, -0.15) is 13.2 Å². The van der Waals surface area contributed by atoms with Crippen LogP contribution in [0.3, 0.4) is 0 Å². The maximum absolute atomic E-state index is 12.7. The van der Waals surface area contributed by atoms with Crippen LogP contribution >= 0.6 is 0 Å². The molecule has 5 nitrogen and oxygen atoms in total. The van der Waals surface area contributed by atoms with Crippen molar-refractivity contribution in [3.8, 4) is 11.3 Å². The van der Waals surface area contributed by atoms with Crippen molar-refractivity contribution in [3.63, 3.8) is 0 Å². The summed E-state index contributed by atoms with van der Waals surface area (Å²) in [7, 11) is 0. The number of hydrogen-bond acceptors (Lipinski definition) is 3. The topological polar surface area (TPSA) is 59.3 Å². The van der Waals surface area contributed by atoms with Crippen LogP contribution in [0.2, 0.25) is 0 Å². The van der Waals surface area contributed by atoms with Gasteiger partial charge in [0.25, 0.3) is 0 Å². The van der Waals surface area contributed by atoms with E-state index in [1.54, 1.807) is 16.7 Å². The van der Waals surface area contributed by atoms with Gasteiger partial charge in [-0.15, -0.1) is 0 Å². The van der Waals surface area contributed by atoms with E-state index in [1.807, 2.05) is 37.5 Å². The van der Waals surface area contributed by atoms with Crippen LogP contribution in [0.25, 0.3) is 17.0 Å². The number of aryl methyl sites for hydroxylation is 1. The first-order chi connectivity index (χ1) is 14.3. The molecule has 0 atom stereocenters. The highest BCUT2D eigenvalue weighted by Crippen LogP contribution is 2.29. The molecule has 0 radical (unpaired) electrons. The molecule has 0 aliphatic heterocycles. The van der Waals surface area contributed by atoms with E-state index in [0.717, 1.165) is 23.3 Å². The van der Waals surface area contributed by atoms with Gasteiger partial charge in [0.1, 0.15) is 0 Å². The minimum Gasteiger partial charge on any atom is -0.326 e. The van der Waals surface area contributed by atoms with Gasteiger partial charge in [-0.25, -0.2) is 9.97 Å². The second-order valence-electron chi connectivity index (χ2n) is 6.90. The molecule has 152 valence electrons. The molecule has 0 fully saturated rings. The highest BCUT2D eigenvalue weighted by molar-refractivity contribution is 5.93. The number of halogens is 3. The van der Waals surface area contributed by atoms with Crippen molar-refractivity contribution in [2.24, 2.45) is 0 Å². The average Bonchev–Trinajstić information content (AvgIpc) is 3.13. The summed E-state index contributed by atoms with van der Waals surface area (Å²) in [4.78, 5) is 21.1.